The van der Waals surface area contributed by atoms with E-state index in [9.17, 15) is 24.8 Å². The number of phenolic OH excluding ortho intramolecular Hbond substituents is 1. The molecule has 0 unspecified atom stereocenters. The van der Waals surface area contributed by atoms with E-state index in [-0.39, 0.29) is 27.7 Å². The Hall–Kier alpha value is -4.57. The molecule has 3 aromatic rings. The molecule has 10 heteroatoms. The number of nitrogens with one attached hydrogen (secondary N) is 1. The second-order valence-electron chi connectivity index (χ2n) is 6.87. The molecule has 33 heavy (non-hydrogen) atoms. The number of non-ortho nitro benzene ring substituents is 1. The first-order valence-electron chi connectivity index (χ1n) is 9.55. The van der Waals surface area contributed by atoms with Crippen molar-refractivity contribution in [3.05, 3.63) is 94.0 Å². The van der Waals surface area contributed by atoms with Crippen molar-refractivity contribution >= 4 is 46.6 Å². The van der Waals surface area contributed by atoms with Gasteiger partial charge in [-0.1, -0.05) is 18.2 Å². The number of ether oxygens (including phenoxy) is 1. The summed E-state index contributed by atoms with van der Waals surface area (Å²) in [5.41, 5.74) is -0.324. The fourth-order valence-electron chi connectivity index (χ4n) is 3.11. The number of hydrogen-bond donors (Lipinski definition) is 2. The van der Waals surface area contributed by atoms with Crippen LogP contribution in [0.15, 0.2) is 78.4 Å². The van der Waals surface area contributed by atoms with Crippen LogP contribution in [0.2, 0.25) is 0 Å². The summed E-state index contributed by atoms with van der Waals surface area (Å²) < 4.78 is 5.74. The van der Waals surface area contributed by atoms with Crippen LogP contribution in [0.4, 0.5) is 11.4 Å². The Morgan fingerprint density at radius 3 is 2.33 bits per heavy atom. The van der Waals surface area contributed by atoms with Gasteiger partial charge in [0.1, 0.15) is 22.8 Å². The van der Waals surface area contributed by atoms with Crippen molar-refractivity contribution in [3.8, 4) is 17.2 Å². The maximum absolute atomic E-state index is 13.1. The number of nitro benzene ring substituents is 1. The van der Waals surface area contributed by atoms with Gasteiger partial charge in [0.05, 0.1) is 10.6 Å². The minimum absolute atomic E-state index is 0.0536. The zero-order valence-corrected chi connectivity index (χ0v) is 17.6. The number of anilines is 1. The van der Waals surface area contributed by atoms with Crippen LogP contribution in [0, 0.1) is 10.1 Å². The minimum atomic E-state index is -0.781. The average Bonchev–Trinajstić information content (AvgIpc) is 2.79. The summed E-state index contributed by atoms with van der Waals surface area (Å²) in [6, 6.07) is 18.9. The molecular formula is C23H15N3O6S. The minimum Gasteiger partial charge on any atom is -0.507 e. The van der Waals surface area contributed by atoms with Gasteiger partial charge in [-0.3, -0.25) is 29.9 Å². The number of aromatic hydroxyl groups is 1. The highest BCUT2D eigenvalue weighted by Gasteiger charge is 2.34. The van der Waals surface area contributed by atoms with Gasteiger partial charge in [-0.05, 0) is 60.8 Å². The second-order valence-corrected chi connectivity index (χ2v) is 7.25. The monoisotopic (exact) mass is 461 g/mol. The second kappa shape index (κ2) is 8.89. The highest BCUT2D eigenvalue weighted by atomic mass is 32.1. The lowest BCUT2D eigenvalue weighted by Gasteiger charge is -2.29. The molecule has 1 saturated heterocycles. The van der Waals surface area contributed by atoms with Crippen LogP contribution in [0.3, 0.4) is 0 Å². The van der Waals surface area contributed by atoms with Gasteiger partial charge < -0.3 is 9.84 Å². The Balaban J connectivity index is 1.64. The number of carbonyl (C=O) groups excluding carboxylic acids is 2. The van der Waals surface area contributed by atoms with Gasteiger partial charge in [-0.25, -0.2) is 0 Å². The van der Waals surface area contributed by atoms with Gasteiger partial charge in [0.25, 0.3) is 17.5 Å². The van der Waals surface area contributed by atoms with Gasteiger partial charge in [-0.15, -0.1) is 0 Å². The largest absolute Gasteiger partial charge is 0.507 e. The van der Waals surface area contributed by atoms with E-state index in [0.29, 0.717) is 17.2 Å². The third kappa shape index (κ3) is 4.55. The summed E-state index contributed by atoms with van der Waals surface area (Å²) in [5, 5.41) is 23.4. The molecule has 0 spiro atoms. The lowest BCUT2D eigenvalue weighted by molar-refractivity contribution is -0.384. The summed E-state index contributed by atoms with van der Waals surface area (Å²) >= 11 is 5.18. The van der Waals surface area contributed by atoms with Crippen molar-refractivity contribution in [2.45, 2.75) is 0 Å². The van der Waals surface area contributed by atoms with Crippen molar-refractivity contribution in [1.82, 2.24) is 5.32 Å². The van der Waals surface area contributed by atoms with Crippen molar-refractivity contribution in [1.29, 1.82) is 0 Å². The Kier molecular flexibility index (Phi) is 5.83. The van der Waals surface area contributed by atoms with Crippen molar-refractivity contribution < 1.29 is 24.4 Å². The molecule has 0 bridgehead atoms. The molecule has 0 saturated carbocycles. The lowest BCUT2D eigenvalue weighted by Crippen LogP contribution is -2.54. The molecule has 9 nitrogen and oxygen atoms in total. The van der Waals surface area contributed by atoms with E-state index in [2.05, 4.69) is 5.32 Å². The first-order valence-corrected chi connectivity index (χ1v) is 9.96. The highest BCUT2D eigenvalue weighted by molar-refractivity contribution is 7.80. The van der Waals surface area contributed by atoms with Crippen LogP contribution in [-0.4, -0.2) is 27.0 Å². The van der Waals surface area contributed by atoms with Crippen LogP contribution < -0.4 is 15.0 Å². The molecule has 1 fully saturated rings. The number of nitro groups is 1. The van der Waals surface area contributed by atoms with Gasteiger partial charge in [0.15, 0.2) is 5.11 Å². The predicted molar refractivity (Wildman–Crippen MR) is 124 cm³/mol. The Morgan fingerprint density at radius 2 is 1.67 bits per heavy atom. The van der Waals surface area contributed by atoms with Crippen LogP contribution in [-0.2, 0) is 9.59 Å². The summed E-state index contributed by atoms with van der Waals surface area (Å²) in [5.74, 6) is -0.677. The SMILES string of the molecule is O=C1NC(=S)N(c2ccc(Oc3ccccc3)cc2)C(=O)C1=Cc1cc([N+](=O)[O-])ccc1O. The lowest BCUT2D eigenvalue weighted by atomic mass is 10.1. The number of phenols is 1. The average molecular weight is 461 g/mol. The number of hydrogen-bond acceptors (Lipinski definition) is 7. The number of amides is 2. The first-order chi connectivity index (χ1) is 15.8. The van der Waals surface area contributed by atoms with Crippen LogP contribution in [0.25, 0.3) is 6.08 Å². The van der Waals surface area contributed by atoms with Crippen molar-refractivity contribution in [3.63, 3.8) is 0 Å². The Morgan fingerprint density at radius 1 is 1.00 bits per heavy atom. The van der Waals surface area contributed by atoms with E-state index < -0.39 is 16.7 Å². The molecule has 4 rings (SSSR count). The number of nitrogens with zero attached hydrogens (tertiary/aromatic N) is 2. The quantitative estimate of drug-likeness (QED) is 0.194. The van der Waals surface area contributed by atoms with Crippen LogP contribution in [0.1, 0.15) is 5.56 Å². The number of carbonyl (C=O) groups is 2. The third-order valence-electron chi connectivity index (χ3n) is 4.70. The molecule has 0 atom stereocenters. The van der Waals surface area contributed by atoms with Crippen LogP contribution in [0.5, 0.6) is 17.2 Å². The van der Waals surface area contributed by atoms with Gasteiger partial charge in [0.2, 0.25) is 0 Å². The molecule has 1 aliphatic heterocycles. The van der Waals surface area contributed by atoms with Gasteiger partial charge in [0, 0.05) is 17.7 Å². The topological polar surface area (TPSA) is 122 Å². The molecule has 1 heterocycles. The normalized spacial score (nSPS) is 14.8. The third-order valence-corrected chi connectivity index (χ3v) is 4.98. The van der Waals surface area contributed by atoms with Crippen molar-refractivity contribution in [2.24, 2.45) is 0 Å². The summed E-state index contributed by atoms with van der Waals surface area (Å²) in [6.07, 6.45) is 1.08. The van der Waals surface area contributed by atoms with E-state index in [4.69, 9.17) is 17.0 Å². The molecule has 1 aliphatic rings. The van der Waals surface area contributed by atoms with Gasteiger partial charge in [-0.2, -0.15) is 0 Å². The zero-order valence-electron chi connectivity index (χ0n) is 16.8. The maximum Gasteiger partial charge on any atom is 0.270 e. The fraction of sp³-hybridized carbons (Fsp3) is 0. The Labute approximate surface area is 192 Å². The number of para-hydroxylation sites is 1. The van der Waals surface area contributed by atoms with E-state index in [1.54, 1.807) is 36.4 Å². The fourth-order valence-corrected chi connectivity index (χ4v) is 3.39. The van der Waals surface area contributed by atoms with Crippen molar-refractivity contribution in [2.75, 3.05) is 4.90 Å². The number of benzene rings is 3. The standard InChI is InChI=1S/C23H15N3O6S/c27-20-11-8-16(26(30)31)12-14(20)13-19-21(28)24-23(33)25(22(19)29)15-6-9-18(10-7-15)32-17-4-2-1-3-5-17/h1-13,27H,(H,24,28,33). The molecular weight excluding hydrogens is 446 g/mol. The molecule has 0 radical (unpaired) electrons. The van der Waals surface area contributed by atoms with E-state index in [1.165, 1.54) is 0 Å². The van der Waals surface area contributed by atoms with E-state index >= 15 is 0 Å². The molecule has 0 aromatic heterocycles. The smallest absolute Gasteiger partial charge is 0.270 e. The number of thiocarbonyl (C=S) groups is 1. The summed E-state index contributed by atoms with van der Waals surface area (Å²) in [4.78, 5) is 37.0. The maximum atomic E-state index is 13.1. The van der Waals surface area contributed by atoms with E-state index in [1.807, 2.05) is 18.2 Å². The number of rotatable bonds is 5. The molecule has 164 valence electrons. The van der Waals surface area contributed by atoms with Crippen LogP contribution >= 0.6 is 12.2 Å². The Bertz CT molecular complexity index is 1310. The molecule has 3 aromatic carbocycles. The first kappa shape index (κ1) is 21.7. The predicted octanol–water partition coefficient (Wildman–Crippen LogP) is 3.92. The summed E-state index contributed by atoms with van der Waals surface area (Å²) in [6.45, 7) is 0. The molecule has 2 N–H and O–H groups in total. The summed E-state index contributed by atoms with van der Waals surface area (Å²) in [7, 11) is 0. The van der Waals surface area contributed by atoms with Gasteiger partial charge >= 0.3 is 0 Å². The molecule has 0 aliphatic carbocycles. The highest BCUT2D eigenvalue weighted by Crippen LogP contribution is 2.29. The molecule has 2 amide bonds. The zero-order chi connectivity index (χ0) is 23.5. The van der Waals surface area contributed by atoms with E-state index in [0.717, 1.165) is 29.2 Å².